The van der Waals surface area contributed by atoms with Crippen LogP contribution in [0.25, 0.3) is 0 Å². The number of hydrogen-bond donors (Lipinski definition) is 1. The van der Waals surface area contributed by atoms with Crippen LogP contribution in [0.4, 0.5) is 0 Å². The van der Waals surface area contributed by atoms with Gasteiger partial charge in [0.15, 0.2) is 0 Å². The maximum atomic E-state index is 12.5. The molecule has 0 radical (unpaired) electrons. The van der Waals surface area contributed by atoms with E-state index in [1.807, 2.05) is 28.0 Å². The number of piperidine rings is 1. The third-order valence-electron chi connectivity index (χ3n) is 14.6. The van der Waals surface area contributed by atoms with Gasteiger partial charge in [0.2, 0.25) is 5.91 Å². The fourth-order valence-corrected chi connectivity index (χ4v) is 11.9. The van der Waals surface area contributed by atoms with Crippen LogP contribution in [0.3, 0.4) is 0 Å². The molecule has 2 aromatic heterocycles. The van der Waals surface area contributed by atoms with Gasteiger partial charge < -0.3 is 66.4 Å². The molecule has 3 aromatic rings. The molecule has 2 saturated heterocycles. The average molecular weight is 1370 g/mol. The SMILES string of the molecule is C=S1CCN(C(=O)c2cccc(CC(C)C)c2)CC1.CC(C)CCCCP(=O)([O-])O.CC(C)CCOCCN1CCCCC1=O.CC(C)CCOCCn1cc(C(=O)N(C)C)ccc1=O.CC(C)CCOCCn1ccccc1=O.CCOP(=O)([O-])CCCCC(C)C. The number of rotatable bonds is 34. The molecule has 0 bridgehead atoms. The lowest BCUT2D eigenvalue weighted by Gasteiger charge is -2.28. The Kier molecular flexibility index (Phi) is 49.8. The highest BCUT2D eigenvalue weighted by Crippen LogP contribution is 2.38. The first-order valence-electron chi connectivity index (χ1n) is 34.2. The second kappa shape index (κ2) is 52.1. The van der Waals surface area contributed by atoms with E-state index in [4.69, 9.17) is 19.1 Å². The minimum atomic E-state index is -3.98. The summed E-state index contributed by atoms with van der Waals surface area (Å²) >= 11 is 0. The molecule has 1 aromatic carbocycles. The predicted molar refractivity (Wildman–Crippen MR) is 382 cm³/mol. The second-order valence-corrected chi connectivity index (χ2v) is 32.3. The van der Waals surface area contributed by atoms with Gasteiger partial charge in [0.05, 0.1) is 32.0 Å². The van der Waals surface area contributed by atoms with Gasteiger partial charge in [-0.25, -0.2) is 0 Å². The van der Waals surface area contributed by atoms with Crippen LogP contribution in [0.2, 0.25) is 0 Å². The van der Waals surface area contributed by atoms with E-state index in [-0.39, 0.29) is 52.3 Å². The third-order valence-corrected chi connectivity index (χ3v) is 18.5. The molecule has 19 nitrogen and oxygen atoms in total. The fraction of sp³-hybridized carbons (Fsp3) is 0.718. The number of unbranched alkanes of at least 4 members (excludes halogenated alkanes) is 2. The summed E-state index contributed by atoms with van der Waals surface area (Å²) in [6.45, 7) is 36.4. The van der Waals surface area contributed by atoms with Crippen molar-refractivity contribution in [1.29, 1.82) is 0 Å². The van der Waals surface area contributed by atoms with E-state index in [2.05, 4.69) is 106 Å². The Labute approximate surface area is 564 Å². The van der Waals surface area contributed by atoms with Gasteiger partial charge in [0.25, 0.3) is 22.9 Å². The maximum absolute atomic E-state index is 12.5. The number of carbonyl (C=O) groups is 3. The maximum Gasteiger partial charge on any atom is 0.254 e. The second-order valence-electron chi connectivity index (χ2n) is 26.6. The Morgan fingerprint density at radius 3 is 1.61 bits per heavy atom. The van der Waals surface area contributed by atoms with E-state index < -0.39 is 15.2 Å². The van der Waals surface area contributed by atoms with Gasteiger partial charge in [0, 0.05) is 134 Å². The van der Waals surface area contributed by atoms with Crippen molar-refractivity contribution < 1.29 is 56.9 Å². The highest BCUT2D eigenvalue weighted by Gasteiger charge is 2.20. The molecular formula is C71H125N5O14P2S-2. The number of benzene rings is 1. The molecule has 536 valence electrons. The molecule has 93 heavy (non-hydrogen) atoms. The lowest BCUT2D eigenvalue weighted by molar-refractivity contribution is -0.198. The molecule has 0 spiro atoms. The summed E-state index contributed by atoms with van der Waals surface area (Å²) in [6.07, 6.45) is 15.9. The van der Waals surface area contributed by atoms with Gasteiger partial charge in [-0.15, -0.1) is 0 Å². The van der Waals surface area contributed by atoms with Crippen LogP contribution in [0, 0.1) is 35.5 Å². The standard InChI is InChI=1S/C16H23NOS.C15H24N2O3.C12H23NO2.C12H19NO2.C9H21O3P.C7H17O3P/c1-13(2)11-14-5-4-6-15(12-14)16(18)17-7-9-19(3)10-8-17;1-12(2)7-9-20-10-8-17-11-13(5-6-14(17)18)15(19)16(3)4;2*1-11(2)6-9-15-10-8-13-7-4-3-5-12(13)14;1-4-12-13(10,11)8-6-5-7-9(2)3;1-7(2)5-3-4-6-11(8,9)10/h4-6,12-13H,3,7-11H2,1-2H3;5-6,11-12H,7-10H2,1-4H3;11H,3-10H2,1-2H3;3-5,7,11H,6,8-10H2,1-2H3;9H,4-8H2,1-3H3,(H,10,11);7H,3-6H2,1-2H3,(H2,8,9,10)/p-2. The molecular weight excluding hydrogens is 1240 g/mol. The fourth-order valence-electron chi connectivity index (χ4n) is 8.96. The van der Waals surface area contributed by atoms with Crippen LogP contribution in [0.15, 0.2) is 76.6 Å². The average Bonchev–Trinajstić information content (AvgIpc) is 1.00. The van der Waals surface area contributed by atoms with Crippen LogP contribution in [0.5, 0.6) is 0 Å². The molecule has 4 heterocycles. The van der Waals surface area contributed by atoms with Crippen molar-refractivity contribution in [3.63, 3.8) is 0 Å². The summed E-state index contributed by atoms with van der Waals surface area (Å²) in [5.41, 5.74) is 2.52. The van der Waals surface area contributed by atoms with Gasteiger partial charge >= 0.3 is 0 Å². The number of pyridine rings is 2. The van der Waals surface area contributed by atoms with Gasteiger partial charge in [-0.05, 0) is 124 Å². The Morgan fingerprint density at radius 2 is 1.13 bits per heavy atom. The van der Waals surface area contributed by atoms with Crippen LogP contribution in [0.1, 0.15) is 193 Å². The number of carbonyl (C=O) groups excluding carboxylic acids is 3. The van der Waals surface area contributed by atoms with Crippen molar-refractivity contribution in [2.24, 2.45) is 35.5 Å². The molecule has 0 saturated carbocycles. The molecule has 5 rings (SSSR count). The quantitative estimate of drug-likeness (QED) is 0.0332. The highest BCUT2D eigenvalue weighted by molar-refractivity contribution is 8.14. The molecule has 0 aliphatic carbocycles. The Morgan fingerprint density at radius 1 is 0.613 bits per heavy atom. The zero-order valence-electron chi connectivity index (χ0n) is 60.0. The summed E-state index contributed by atoms with van der Waals surface area (Å²) in [6, 6.07) is 16.3. The zero-order chi connectivity index (χ0) is 70.4. The number of aromatic nitrogens is 2. The summed E-state index contributed by atoms with van der Waals surface area (Å²) in [4.78, 5) is 93.9. The number of ether oxygens (including phenoxy) is 3. The first-order chi connectivity index (χ1) is 43.8. The molecule has 1 N–H and O–H groups in total. The molecule has 2 aliphatic heterocycles. The number of nitrogens with zero attached hydrogens (tertiary/aromatic N) is 5. The molecule has 2 aliphatic rings. The van der Waals surface area contributed by atoms with E-state index in [1.54, 1.807) is 56.2 Å². The van der Waals surface area contributed by atoms with Crippen molar-refractivity contribution in [2.75, 3.05) is 110 Å². The van der Waals surface area contributed by atoms with Crippen molar-refractivity contribution in [1.82, 2.24) is 23.8 Å². The predicted octanol–water partition coefficient (Wildman–Crippen LogP) is 12.4. The molecule has 2 atom stereocenters. The summed E-state index contributed by atoms with van der Waals surface area (Å²) in [5.74, 6) is 10.4. The van der Waals surface area contributed by atoms with E-state index in [0.717, 1.165) is 134 Å². The van der Waals surface area contributed by atoms with Gasteiger partial charge in [-0.3, -0.25) is 24.0 Å². The lowest BCUT2D eigenvalue weighted by Crippen LogP contribution is -2.38. The topological polar surface area (TPSA) is 242 Å². The van der Waals surface area contributed by atoms with E-state index in [0.29, 0.717) is 92.9 Å². The third kappa shape index (κ3) is 49.2. The normalized spacial score (nSPS) is 14.6. The lowest BCUT2D eigenvalue weighted by atomic mass is 10.0. The number of amides is 3. The summed E-state index contributed by atoms with van der Waals surface area (Å²) in [5, 5.41) is 0. The number of hydrogen-bond acceptors (Lipinski definition) is 13. The van der Waals surface area contributed by atoms with E-state index >= 15 is 0 Å². The van der Waals surface area contributed by atoms with Crippen LogP contribution in [-0.4, -0.2) is 163 Å². The van der Waals surface area contributed by atoms with Crippen LogP contribution in [-0.2, 0) is 52.2 Å². The summed E-state index contributed by atoms with van der Waals surface area (Å²) < 4.78 is 45.6. The van der Waals surface area contributed by atoms with E-state index in [1.165, 1.54) is 21.1 Å². The van der Waals surface area contributed by atoms with Crippen LogP contribution >= 0.6 is 25.7 Å². The van der Waals surface area contributed by atoms with Crippen LogP contribution < -0.4 is 20.9 Å². The zero-order valence-corrected chi connectivity index (χ0v) is 62.6. The number of likely N-dealkylation sites (tertiary alicyclic amines) is 1. The Bertz CT molecular complexity index is 2700. The monoisotopic (exact) mass is 1370 g/mol. The van der Waals surface area contributed by atoms with Gasteiger partial charge in [-0.1, -0.05) is 133 Å². The summed E-state index contributed by atoms with van der Waals surface area (Å²) in [7, 11) is -3.84. The molecule has 22 heteroatoms. The first kappa shape index (κ1) is 88.9. The van der Waals surface area contributed by atoms with Crippen molar-refractivity contribution in [3.8, 4) is 0 Å². The van der Waals surface area contributed by atoms with Gasteiger partial charge in [-0.2, -0.15) is 10.5 Å². The molecule has 2 fully saturated rings. The first-order valence-corrected chi connectivity index (χ1v) is 39.4. The molecule has 3 amide bonds. The smallest absolute Gasteiger partial charge is 0.254 e. The molecule has 2 unspecified atom stereocenters. The Hall–Kier alpha value is -4.07. The van der Waals surface area contributed by atoms with Gasteiger partial charge in [0.1, 0.15) is 15.2 Å². The highest BCUT2D eigenvalue weighted by atomic mass is 32.2. The van der Waals surface area contributed by atoms with Crippen molar-refractivity contribution >= 4 is 49.3 Å². The minimum absolute atomic E-state index is 0.0324. The van der Waals surface area contributed by atoms with E-state index in [9.17, 15) is 42.9 Å². The van der Waals surface area contributed by atoms with Crippen molar-refractivity contribution in [3.05, 3.63) is 104 Å². The Balaban J connectivity index is 0.00000110. The van der Waals surface area contributed by atoms with Crippen molar-refractivity contribution in [2.45, 2.75) is 187 Å². The largest absolute Gasteiger partial charge is 0.779 e. The minimum Gasteiger partial charge on any atom is -0.779 e.